The van der Waals surface area contributed by atoms with Crippen LogP contribution in [0.4, 0.5) is 0 Å². The second-order valence-electron chi connectivity index (χ2n) is 6.41. The molecule has 1 aliphatic rings. The maximum atomic E-state index is 12.5. The highest BCUT2D eigenvalue weighted by Gasteiger charge is 2.26. The highest BCUT2D eigenvalue weighted by atomic mass is 16.5. The molecule has 26 heavy (non-hydrogen) atoms. The van der Waals surface area contributed by atoms with Gasteiger partial charge in [-0.3, -0.25) is 14.9 Å². The van der Waals surface area contributed by atoms with Crippen molar-refractivity contribution in [2.24, 2.45) is 0 Å². The fourth-order valence-corrected chi connectivity index (χ4v) is 2.92. The molecule has 3 aromatic rings. The summed E-state index contributed by atoms with van der Waals surface area (Å²) in [5, 5.41) is 10.2. The molecular weight excluding hydrogens is 328 g/mol. The minimum atomic E-state index is -0.135. The Labute approximate surface area is 151 Å². The van der Waals surface area contributed by atoms with Crippen LogP contribution in [-0.2, 0) is 6.54 Å². The number of amides is 1. The number of rotatable bonds is 6. The van der Waals surface area contributed by atoms with Crippen LogP contribution in [0.1, 0.15) is 40.5 Å². The number of nitrogens with zero attached hydrogens (tertiary/aromatic N) is 2. The summed E-state index contributed by atoms with van der Waals surface area (Å²) in [5.74, 6) is 1.14. The van der Waals surface area contributed by atoms with Crippen molar-refractivity contribution < 1.29 is 9.53 Å². The zero-order valence-electron chi connectivity index (χ0n) is 14.5. The number of carbonyl (C=O) groups is 1. The lowest BCUT2D eigenvalue weighted by Crippen LogP contribution is -2.23. The lowest BCUT2D eigenvalue weighted by molar-refractivity contribution is 0.0950. The summed E-state index contributed by atoms with van der Waals surface area (Å²) < 4.78 is 5.36. The van der Waals surface area contributed by atoms with Crippen LogP contribution >= 0.6 is 0 Å². The minimum Gasteiger partial charge on any atom is -0.494 e. The zero-order chi connectivity index (χ0) is 17.9. The number of hydrogen-bond donors (Lipinski definition) is 2. The SMILES string of the molecule is COc1cccnc1-c1cccc(C(=O)NCc2cc(C3CC3)n[nH]2)c1. The Morgan fingerprint density at radius 3 is 2.96 bits per heavy atom. The number of ether oxygens (including phenoxy) is 1. The Bertz CT molecular complexity index is 931. The van der Waals surface area contributed by atoms with E-state index in [0.29, 0.717) is 29.5 Å². The molecule has 1 saturated carbocycles. The van der Waals surface area contributed by atoms with Crippen LogP contribution in [0.3, 0.4) is 0 Å². The van der Waals surface area contributed by atoms with Crippen LogP contribution in [0.15, 0.2) is 48.7 Å². The lowest BCUT2D eigenvalue weighted by atomic mass is 10.1. The molecule has 0 aliphatic heterocycles. The van der Waals surface area contributed by atoms with E-state index < -0.39 is 0 Å². The molecular formula is C20H20N4O2. The Morgan fingerprint density at radius 2 is 2.15 bits per heavy atom. The molecule has 0 bridgehead atoms. The van der Waals surface area contributed by atoms with E-state index in [9.17, 15) is 4.79 Å². The quantitative estimate of drug-likeness (QED) is 0.716. The molecule has 0 saturated heterocycles. The Morgan fingerprint density at radius 1 is 1.27 bits per heavy atom. The largest absolute Gasteiger partial charge is 0.494 e. The summed E-state index contributed by atoms with van der Waals surface area (Å²) in [5.41, 5.74) is 4.15. The third-order valence-corrected chi connectivity index (χ3v) is 4.47. The maximum Gasteiger partial charge on any atom is 0.251 e. The molecule has 1 aromatic carbocycles. The molecule has 1 amide bonds. The van der Waals surface area contributed by atoms with Gasteiger partial charge in [-0.15, -0.1) is 0 Å². The van der Waals surface area contributed by atoms with E-state index in [1.165, 1.54) is 12.8 Å². The van der Waals surface area contributed by atoms with E-state index >= 15 is 0 Å². The normalized spacial score (nSPS) is 13.4. The summed E-state index contributed by atoms with van der Waals surface area (Å²) in [6, 6.07) is 13.1. The predicted molar refractivity (Wildman–Crippen MR) is 98.0 cm³/mol. The molecule has 132 valence electrons. The average Bonchev–Trinajstić information content (AvgIpc) is 3.44. The number of H-pyrrole nitrogens is 1. The van der Waals surface area contributed by atoms with Crippen LogP contribution in [0.5, 0.6) is 5.75 Å². The molecule has 0 radical (unpaired) electrons. The Hall–Kier alpha value is -3.15. The van der Waals surface area contributed by atoms with Crippen molar-refractivity contribution in [3.05, 3.63) is 65.6 Å². The van der Waals surface area contributed by atoms with E-state index in [1.807, 2.05) is 36.4 Å². The van der Waals surface area contributed by atoms with E-state index in [-0.39, 0.29) is 5.91 Å². The van der Waals surface area contributed by atoms with Gasteiger partial charge in [0.15, 0.2) is 0 Å². The van der Waals surface area contributed by atoms with Crippen LogP contribution < -0.4 is 10.1 Å². The molecule has 2 aromatic heterocycles. The molecule has 0 atom stereocenters. The van der Waals surface area contributed by atoms with Crippen molar-refractivity contribution in [1.82, 2.24) is 20.5 Å². The summed E-state index contributed by atoms with van der Waals surface area (Å²) in [6.07, 6.45) is 4.13. The smallest absolute Gasteiger partial charge is 0.251 e. The van der Waals surface area contributed by atoms with E-state index in [0.717, 1.165) is 17.0 Å². The van der Waals surface area contributed by atoms with Crippen LogP contribution in [0.25, 0.3) is 11.3 Å². The first-order valence-corrected chi connectivity index (χ1v) is 8.66. The maximum absolute atomic E-state index is 12.5. The molecule has 1 fully saturated rings. The van der Waals surface area contributed by atoms with Gasteiger partial charge in [0.05, 0.1) is 25.0 Å². The molecule has 6 heteroatoms. The van der Waals surface area contributed by atoms with Gasteiger partial charge in [-0.05, 0) is 43.2 Å². The zero-order valence-corrected chi connectivity index (χ0v) is 14.5. The predicted octanol–water partition coefficient (Wildman–Crippen LogP) is 3.29. The molecule has 0 unspecified atom stereocenters. The summed E-state index contributed by atoms with van der Waals surface area (Å²) in [6.45, 7) is 0.426. The number of hydrogen-bond acceptors (Lipinski definition) is 4. The standard InChI is InChI=1S/C20H20N4O2/c1-26-18-6-3-9-21-19(18)14-4-2-5-15(10-14)20(25)22-12-16-11-17(24-23-16)13-7-8-13/h2-6,9-11,13H,7-8,12H2,1H3,(H,22,25)(H,23,24). The van der Waals surface area contributed by atoms with Crippen LogP contribution in [0, 0.1) is 0 Å². The third kappa shape index (κ3) is 3.44. The lowest BCUT2D eigenvalue weighted by Gasteiger charge is -2.09. The van der Waals surface area contributed by atoms with Gasteiger partial charge in [-0.1, -0.05) is 12.1 Å². The molecule has 4 rings (SSSR count). The molecule has 6 nitrogen and oxygen atoms in total. The second kappa shape index (κ2) is 7.00. The fourth-order valence-electron chi connectivity index (χ4n) is 2.92. The number of aromatic amines is 1. The first-order chi connectivity index (χ1) is 12.7. The second-order valence-corrected chi connectivity index (χ2v) is 6.41. The van der Waals surface area contributed by atoms with E-state index in [4.69, 9.17) is 4.74 Å². The number of nitrogens with one attached hydrogen (secondary N) is 2. The fraction of sp³-hybridized carbons (Fsp3) is 0.250. The summed E-state index contributed by atoms with van der Waals surface area (Å²) >= 11 is 0. The Kier molecular flexibility index (Phi) is 4.39. The highest BCUT2D eigenvalue weighted by Crippen LogP contribution is 2.39. The van der Waals surface area contributed by atoms with Crippen molar-refractivity contribution in [2.75, 3.05) is 7.11 Å². The van der Waals surface area contributed by atoms with Gasteiger partial charge in [-0.2, -0.15) is 5.10 Å². The van der Waals surface area contributed by atoms with Crippen molar-refractivity contribution in [3.8, 4) is 17.0 Å². The molecule has 2 N–H and O–H groups in total. The molecule has 1 aliphatic carbocycles. The summed E-state index contributed by atoms with van der Waals surface area (Å²) in [4.78, 5) is 16.9. The average molecular weight is 348 g/mol. The van der Waals surface area contributed by atoms with Gasteiger partial charge in [0.1, 0.15) is 11.4 Å². The monoisotopic (exact) mass is 348 g/mol. The van der Waals surface area contributed by atoms with Gasteiger partial charge in [0.25, 0.3) is 5.91 Å². The van der Waals surface area contributed by atoms with Gasteiger partial charge in [0, 0.05) is 23.2 Å². The number of benzene rings is 1. The number of pyridine rings is 1. The van der Waals surface area contributed by atoms with Crippen molar-refractivity contribution in [3.63, 3.8) is 0 Å². The van der Waals surface area contributed by atoms with Crippen LogP contribution in [-0.4, -0.2) is 28.2 Å². The highest BCUT2D eigenvalue weighted by molar-refractivity contribution is 5.95. The topological polar surface area (TPSA) is 79.9 Å². The number of aromatic nitrogens is 3. The van der Waals surface area contributed by atoms with Crippen LogP contribution in [0.2, 0.25) is 0 Å². The molecule has 0 spiro atoms. The van der Waals surface area contributed by atoms with Crippen molar-refractivity contribution >= 4 is 5.91 Å². The van der Waals surface area contributed by atoms with Gasteiger partial charge >= 0.3 is 0 Å². The van der Waals surface area contributed by atoms with Crippen molar-refractivity contribution in [2.45, 2.75) is 25.3 Å². The first-order valence-electron chi connectivity index (χ1n) is 8.66. The number of carbonyl (C=O) groups excluding carboxylic acids is 1. The van der Waals surface area contributed by atoms with Gasteiger partial charge in [0.2, 0.25) is 0 Å². The van der Waals surface area contributed by atoms with Gasteiger partial charge in [-0.25, -0.2) is 0 Å². The third-order valence-electron chi connectivity index (χ3n) is 4.47. The van der Waals surface area contributed by atoms with Gasteiger partial charge < -0.3 is 10.1 Å². The first kappa shape index (κ1) is 16.3. The Balaban J connectivity index is 1.47. The summed E-state index contributed by atoms with van der Waals surface area (Å²) in [7, 11) is 1.61. The molecule has 2 heterocycles. The van der Waals surface area contributed by atoms with E-state index in [1.54, 1.807) is 19.4 Å². The van der Waals surface area contributed by atoms with Crippen molar-refractivity contribution in [1.29, 1.82) is 0 Å². The van der Waals surface area contributed by atoms with E-state index in [2.05, 4.69) is 20.5 Å². The minimum absolute atomic E-state index is 0.135. The number of methoxy groups -OCH3 is 1.